The third-order valence-electron chi connectivity index (χ3n) is 3.77. The quantitative estimate of drug-likeness (QED) is 0.899. The molecule has 2 heterocycles. The molecular weight excluding hydrogens is 332 g/mol. The van der Waals surface area contributed by atoms with Crippen molar-refractivity contribution < 1.29 is 23.1 Å². The Labute approximate surface area is 139 Å². The molecule has 1 aromatic carbocycles. The van der Waals surface area contributed by atoms with E-state index < -0.39 is 16.0 Å². The van der Waals surface area contributed by atoms with Crippen molar-refractivity contribution >= 4 is 16.0 Å². The molecule has 0 unspecified atom stereocenters. The number of carbonyl (C=O) groups is 1. The van der Waals surface area contributed by atoms with Crippen molar-refractivity contribution in [2.24, 2.45) is 0 Å². The Hall–Kier alpha value is -2.29. The van der Waals surface area contributed by atoms with Crippen molar-refractivity contribution in [2.75, 3.05) is 26.3 Å². The summed E-state index contributed by atoms with van der Waals surface area (Å²) in [6.07, 6.45) is 3.14. The summed E-state index contributed by atoms with van der Waals surface area (Å²) in [4.78, 5) is 15.3. The molecule has 0 atom stereocenters. The zero-order chi connectivity index (χ0) is 17.2. The first-order valence-corrected chi connectivity index (χ1v) is 8.79. The summed E-state index contributed by atoms with van der Waals surface area (Å²) in [6, 6.07) is 7.54. The topological polar surface area (TPSA) is 96.8 Å². The summed E-state index contributed by atoms with van der Waals surface area (Å²) in [5.74, 6) is -1.18. The zero-order valence-corrected chi connectivity index (χ0v) is 13.6. The number of rotatable bonds is 4. The van der Waals surface area contributed by atoms with Crippen LogP contribution in [-0.4, -0.2) is 55.1 Å². The van der Waals surface area contributed by atoms with Crippen molar-refractivity contribution in [1.82, 2.24) is 9.29 Å². The minimum absolute atomic E-state index is 0.0314. The smallest absolute Gasteiger partial charge is 0.335 e. The molecule has 1 aromatic heterocycles. The van der Waals surface area contributed by atoms with Crippen LogP contribution < -0.4 is 0 Å². The van der Waals surface area contributed by atoms with Gasteiger partial charge in [0.15, 0.2) is 0 Å². The van der Waals surface area contributed by atoms with Crippen LogP contribution in [0.15, 0.2) is 47.6 Å². The summed E-state index contributed by atoms with van der Waals surface area (Å²) in [7, 11) is -3.77. The average Bonchev–Trinajstić information content (AvgIpc) is 2.62. The van der Waals surface area contributed by atoms with E-state index in [-0.39, 0.29) is 23.5 Å². The van der Waals surface area contributed by atoms with Gasteiger partial charge in [-0.1, -0.05) is 0 Å². The molecule has 126 valence electrons. The molecule has 8 heteroatoms. The number of sulfonamides is 1. The van der Waals surface area contributed by atoms with Gasteiger partial charge in [-0.2, -0.15) is 4.31 Å². The molecule has 1 fully saturated rings. The molecule has 0 amide bonds. The lowest BCUT2D eigenvalue weighted by atomic mass is 10.0. The minimum atomic E-state index is -3.77. The Bertz CT molecular complexity index is 846. The Morgan fingerprint density at radius 2 is 1.75 bits per heavy atom. The fourth-order valence-corrected chi connectivity index (χ4v) is 4.00. The number of aromatic carboxylic acids is 1. The molecule has 1 aliphatic heterocycles. The number of nitrogens with zero attached hydrogens (tertiary/aromatic N) is 2. The molecule has 0 radical (unpaired) electrons. The van der Waals surface area contributed by atoms with Gasteiger partial charge in [-0.15, -0.1) is 0 Å². The molecule has 0 aliphatic carbocycles. The van der Waals surface area contributed by atoms with Crippen molar-refractivity contribution in [3.8, 4) is 11.1 Å². The third kappa shape index (κ3) is 3.30. The predicted molar refractivity (Wildman–Crippen MR) is 86.2 cm³/mol. The van der Waals surface area contributed by atoms with E-state index in [9.17, 15) is 18.3 Å². The number of carboxylic acids is 1. The minimum Gasteiger partial charge on any atom is -0.478 e. The third-order valence-corrected chi connectivity index (χ3v) is 5.65. The number of morpholine rings is 1. The number of carboxylic acid groups (broad SMARTS) is 1. The predicted octanol–water partition coefficient (Wildman–Crippen LogP) is 1.47. The van der Waals surface area contributed by atoms with E-state index in [1.165, 1.54) is 22.5 Å². The van der Waals surface area contributed by atoms with Gasteiger partial charge in [0.05, 0.1) is 23.7 Å². The Morgan fingerprint density at radius 1 is 1.08 bits per heavy atom. The van der Waals surface area contributed by atoms with Gasteiger partial charge < -0.3 is 9.84 Å². The van der Waals surface area contributed by atoms with Gasteiger partial charge in [-0.3, -0.25) is 4.98 Å². The summed E-state index contributed by atoms with van der Waals surface area (Å²) in [6.45, 7) is 1.17. The lowest BCUT2D eigenvalue weighted by Gasteiger charge is -2.26. The van der Waals surface area contributed by atoms with Gasteiger partial charge in [0.25, 0.3) is 0 Å². The van der Waals surface area contributed by atoms with Crippen LogP contribution in [0.4, 0.5) is 0 Å². The largest absolute Gasteiger partial charge is 0.478 e. The van der Waals surface area contributed by atoms with E-state index in [1.807, 2.05) is 0 Å². The molecule has 1 saturated heterocycles. The molecule has 2 aromatic rings. The average molecular weight is 348 g/mol. The number of aromatic nitrogens is 1. The van der Waals surface area contributed by atoms with E-state index in [1.54, 1.807) is 24.5 Å². The highest BCUT2D eigenvalue weighted by Gasteiger charge is 2.27. The Morgan fingerprint density at radius 3 is 2.38 bits per heavy atom. The summed E-state index contributed by atoms with van der Waals surface area (Å²) < 4.78 is 32.1. The summed E-state index contributed by atoms with van der Waals surface area (Å²) in [5.41, 5.74) is 1.15. The monoisotopic (exact) mass is 348 g/mol. The zero-order valence-electron chi connectivity index (χ0n) is 12.8. The summed E-state index contributed by atoms with van der Waals surface area (Å²) >= 11 is 0. The number of hydrogen-bond donors (Lipinski definition) is 1. The van der Waals surface area contributed by atoms with E-state index >= 15 is 0 Å². The second kappa shape index (κ2) is 6.68. The van der Waals surface area contributed by atoms with Crippen LogP contribution in [0.3, 0.4) is 0 Å². The molecule has 7 nitrogen and oxygen atoms in total. The fraction of sp³-hybridized carbons (Fsp3) is 0.250. The molecular formula is C16H16N2O5S. The maximum Gasteiger partial charge on any atom is 0.335 e. The van der Waals surface area contributed by atoms with Crippen LogP contribution in [-0.2, 0) is 14.8 Å². The lowest BCUT2D eigenvalue weighted by molar-refractivity contribution is 0.0696. The standard InChI is InChI=1S/C16H16N2O5S/c19-16(20)14-9-13(12-1-3-17-4-2-12)10-15(11-14)24(21,22)18-5-7-23-8-6-18/h1-4,9-11H,5-8H2,(H,19,20). The SMILES string of the molecule is O=C(O)c1cc(-c2ccncc2)cc(S(=O)(=O)N2CCOCC2)c1. The lowest BCUT2D eigenvalue weighted by Crippen LogP contribution is -2.40. The van der Waals surface area contributed by atoms with Crippen LogP contribution >= 0.6 is 0 Å². The van der Waals surface area contributed by atoms with E-state index in [2.05, 4.69) is 4.98 Å². The molecule has 24 heavy (non-hydrogen) atoms. The second-order valence-electron chi connectivity index (χ2n) is 5.30. The van der Waals surface area contributed by atoms with Gasteiger partial charge in [0.1, 0.15) is 0 Å². The molecule has 1 N–H and O–H groups in total. The van der Waals surface area contributed by atoms with Gasteiger partial charge >= 0.3 is 5.97 Å². The normalized spacial score (nSPS) is 16.0. The number of benzene rings is 1. The van der Waals surface area contributed by atoms with Crippen LogP contribution in [0.1, 0.15) is 10.4 Å². The van der Waals surface area contributed by atoms with Crippen molar-refractivity contribution in [2.45, 2.75) is 4.90 Å². The highest BCUT2D eigenvalue weighted by molar-refractivity contribution is 7.89. The van der Waals surface area contributed by atoms with E-state index in [4.69, 9.17) is 4.74 Å². The van der Waals surface area contributed by atoms with Crippen LogP contribution in [0, 0.1) is 0 Å². The highest BCUT2D eigenvalue weighted by atomic mass is 32.2. The second-order valence-corrected chi connectivity index (χ2v) is 7.24. The maximum absolute atomic E-state index is 12.8. The molecule has 0 saturated carbocycles. The Kier molecular flexibility index (Phi) is 4.61. The molecule has 3 rings (SSSR count). The van der Waals surface area contributed by atoms with Gasteiger partial charge in [0, 0.05) is 25.5 Å². The molecule has 0 spiro atoms. The molecule has 0 bridgehead atoms. The fourth-order valence-electron chi connectivity index (χ4n) is 2.52. The van der Waals surface area contributed by atoms with Crippen molar-refractivity contribution in [1.29, 1.82) is 0 Å². The van der Waals surface area contributed by atoms with Crippen LogP contribution in [0.5, 0.6) is 0 Å². The Balaban J connectivity index is 2.10. The van der Waals surface area contributed by atoms with Crippen molar-refractivity contribution in [3.63, 3.8) is 0 Å². The highest BCUT2D eigenvalue weighted by Crippen LogP contribution is 2.26. The van der Waals surface area contributed by atoms with Gasteiger partial charge in [-0.25, -0.2) is 13.2 Å². The first-order valence-electron chi connectivity index (χ1n) is 7.35. The van der Waals surface area contributed by atoms with Crippen LogP contribution in [0.2, 0.25) is 0 Å². The number of pyridine rings is 1. The van der Waals surface area contributed by atoms with Crippen LogP contribution in [0.25, 0.3) is 11.1 Å². The summed E-state index contributed by atoms with van der Waals surface area (Å²) in [5, 5.41) is 9.32. The van der Waals surface area contributed by atoms with Gasteiger partial charge in [-0.05, 0) is 41.5 Å². The first-order chi connectivity index (χ1) is 11.5. The molecule has 1 aliphatic rings. The first kappa shape index (κ1) is 16.6. The maximum atomic E-state index is 12.8. The number of ether oxygens (including phenoxy) is 1. The van der Waals surface area contributed by atoms with Crippen molar-refractivity contribution in [3.05, 3.63) is 48.3 Å². The van der Waals surface area contributed by atoms with Gasteiger partial charge in [0.2, 0.25) is 10.0 Å². The van der Waals surface area contributed by atoms with E-state index in [0.29, 0.717) is 24.3 Å². The van der Waals surface area contributed by atoms with E-state index in [0.717, 1.165) is 0 Å². The number of hydrogen-bond acceptors (Lipinski definition) is 5.